The predicted molar refractivity (Wildman–Crippen MR) is 97.2 cm³/mol. The molecule has 0 aliphatic rings. The van der Waals surface area contributed by atoms with Gasteiger partial charge in [0, 0.05) is 6.20 Å². The minimum absolute atomic E-state index is 0.00284. The molecule has 0 fully saturated rings. The zero-order valence-corrected chi connectivity index (χ0v) is 15.4. The first-order chi connectivity index (χ1) is 13.8. The van der Waals surface area contributed by atoms with Crippen LogP contribution in [0.5, 0.6) is 5.75 Å². The molecule has 1 unspecified atom stereocenters. The van der Waals surface area contributed by atoms with Crippen LogP contribution in [-0.4, -0.2) is 38.5 Å². The number of rotatable bonds is 7. The van der Waals surface area contributed by atoms with E-state index in [-0.39, 0.29) is 30.5 Å². The zero-order chi connectivity index (χ0) is 20.9. The minimum atomic E-state index is -4.47. The number of carbonyl (C=O) groups excluding carboxylic acids is 1. The summed E-state index contributed by atoms with van der Waals surface area (Å²) >= 11 is 0. The van der Waals surface area contributed by atoms with Gasteiger partial charge in [-0.05, 0) is 30.7 Å². The number of hydrogen-bond acceptors (Lipinski definition) is 5. The van der Waals surface area contributed by atoms with E-state index in [0.717, 1.165) is 6.07 Å². The van der Waals surface area contributed by atoms with E-state index in [9.17, 15) is 18.0 Å². The van der Waals surface area contributed by atoms with E-state index >= 15 is 0 Å². The van der Waals surface area contributed by atoms with Gasteiger partial charge in [-0.1, -0.05) is 23.4 Å². The summed E-state index contributed by atoms with van der Waals surface area (Å²) in [5, 5.41) is 10.1. The number of aromatic nitrogens is 4. The molecular weight excluding hydrogens is 387 g/mol. The molecule has 3 rings (SSSR count). The summed E-state index contributed by atoms with van der Waals surface area (Å²) < 4.78 is 46.1. The maximum Gasteiger partial charge on any atom is 0.416 e. The Bertz CT molecular complexity index is 960. The second-order valence-electron chi connectivity index (χ2n) is 6.28. The molecule has 1 atom stereocenters. The molecule has 29 heavy (non-hydrogen) atoms. The number of hydrogen-bond donors (Lipinski definition) is 1. The third-order valence-corrected chi connectivity index (χ3v) is 3.95. The number of halogens is 3. The summed E-state index contributed by atoms with van der Waals surface area (Å²) in [5.74, 6) is 0.0746. The van der Waals surface area contributed by atoms with Crippen molar-refractivity contribution in [2.75, 3.05) is 6.54 Å². The van der Waals surface area contributed by atoms with Crippen LogP contribution < -0.4 is 10.1 Å². The number of ether oxygens (including phenoxy) is 1. The fourth-order valence-electron chi connectivity index (χ4n) is 2.61. The van der Waals surface area contributed by atoms with E-state index in [2.05, 4.69) is 20.6 Å². The first-order valence-electron chi connectivity index (χ1n) is 8.73. The molecule has 2 heterocycles. The SMILES string of the molecule is CC(CNC(=O)c1cn(Cc2ccccc2C(F)(F)F)nn1)Oc1cccnc1. The van der Waals surface area contributed by atoms with Gasteiger partial charge in [-0.3, -0.25) is 9.78 Å². The van der Waals surface area contributed by atoms with Crippen molar-refractivity contribution in [2.24, 2.45) is 0 Å². The van der Waals surface area contributed by atoms with Crippen molar-refractivity contribution in [3.05, 3.63) is 71.8 Å². The number of nitrogens with zero attached hydrogens (tertiary/aromatic N) is 4. The van der Waals surface area contributed by atoms with Gasteiger partial charge in [-0.2, -0.15) is 13.2 Å². The molecule has 10 heteroatoms. The van der Waals surface area contributed by atoms with Crippen LogP contribution in [-0.2, 0) is 12.7 Å². The van der Waals surface area contributed by atoms with Crippen LogP contribution in [0.3, 0.4) is 0 Å². The molecule has 0 saturated carbocycles. The molecule has 0 aliphatic heterocycles. The Kier molecular flexibility index (Phi) is 6.10. The molecule has 3 aromatic rings. The Labute approximate surface area is 164 Å². The smallest absolute Gasteiger partial charge is 0.416 e. The molecule has 2 aromatic heterocycles. The summed E-state index contributed by atoms with van der Waals surface area (Å²) in [4.78, 5) is 16.2. The molecule has 0 spiro atoms. The lowest BCUT2D eigenvalue weighted by Crippen LogP contribution is -2.33. The van der Waals surface area contributed by atoms with Crippen molar-refractivity contribution in [1.29, 1.82) is 0 Å². The lowest BCUT2D eigenvalue weighted by molar-refractivity contribution is -0.138. The van der Waals surface area contributed by atoms with Gasteiger partial charge in [0.1, 0.15) is 11.9 Å². The van der Waals surface area contributed by atoms with Gasteiger partial charge in [0.25, 0.3) is 5.91 Å². The Morgan fingerprint density at radius 3 is 2.76 bits per heavy atom. The van der Waals surface area contributed by atoms with Crippen LogP contribution in [0.4, 0.5) is 13.2 Å². The van der Waals surface area contributed by atoms with Crippen molar-refractivity contribution in [1.82, 2.24) is 25.3 Å². The average Bonchev–Trinajstić information content (AvgIpc) is 3.15. The fourth-order valence-corrected chi connectivity index (χ4v) is 2.61. The molecule has 1 aromatic carbocycles. The van der Waals surface area contributed by atoms with Crippen LogP contribution >= 0.6 is 0 Å². The van der Waals surface area contributed by atoms with Crippen molar-refractivity contribution in [2.45, 2.75) is 25.7 Å². The Morgan fingerprint density at radius 2 is 2.03 bits per heavy atom. The normalized spacial score (nSPS) is 12.4. The van der Waals surface area contributed by atoms with Gasteiger partial charge < -0.3 is 10.1 Å². The quantitative estimate of drug-likeness (QED) is 0.654. The van der Waals surface area contributed by atoms with E-state index < -0.39 is 17.6 Å². The summed E-state index contributed by atoms with van der Waals surface area (Å²) in [7, 11) is 0. The number of amides is 1. The largest absolute Gasteiger partial charge is 0.487 e. The number of nitrogens with one attached hydrogen (secondary N) is 1. The topological polar surface area (TPSA) is 81.9 Å². The molecule has 7 nitrogen and oxygen atoms in total. The monoisotopic (exact) mass is 405 g/mol. The van der Waals surface area contributed by atoms with E-state index in [1.807, 2.05) is 0 Å². The molecule has 1 amide bonds. The van der Waals surface area contributed by atoms with Gasteiger partial charge in [0.2, 0.25) is 0 Å². The van der Waals surface area contributed by atoms with Crippen LogP contribution in [0.25, 0.3) is 0 Å². The minimum Gasteiger partial charge on any atom is -0.487 e. The van der Waals surface area contributed by atoms with Gasteiger partial charge in [0.15, 0.2) is 5.69 Å². The van der Waals surface area contributed by atoms with Crippen LogP contribution in [0, 0.1) is 0 Å². The summed E-state index contributed by atoms with van der Waals surface area (Å²) in [6.07, 6.45) is -0.313. The second-order valence-corrected chi connectivity index (χ2v) is 6.28. The highest BCUT2D eigenvalue weighted by Gasteiger charge is 2.33. The number of benzene rings is 1. The highest BCUT2D eigenvalue weighted by atomic mass is 19.4. The number of alkyl halides is 3. The van der Waals surface area contributed by atoms with Crippen LogP contribution in [0.15, 0.2) is 55.0 Å². The lowest BCUT2D eigenvalue weighted by atomic mass is 10.1. The first kappa shape index (κ1) is 20.3. The van der Waals surface area contributed by atoms with Crippen LogP contribution in [0.1, 0.15) is 28.5 Å². The molecule has 152 valence electrons. The van der Waals surface area contributed by atoms with E-state index in [1.54, 1.807) is 31.5 Å². The molecule has 0 radical (unpaired) electrons. The van der Waals surface area contributed by atoms with Crippen molar-refractivity contribution >= 4 is 5.91 Å². The highest BCUT2D eigenvalue weighted by molar-refractivity contribution is 5.91. The first-order valence-corrected chi connectivity index (χ1v) is 8.73. The lowest BCUT2D eigenvalue weighted by Gasteiger charge is -2.14. The Hall–Kier alpha value is -3.43. The van der Waals surface area contributed by atoms with Gasteiger partial charge in [0.05, 0.1) is 31.0 Å². The van der Waals surface area contributed by atoms with Gasteiger partial charge in [-0.25, -0.2) is 4.68 Å². The predicted octanol–water partition coefficient (Wildman–Crippen LogP) is 2.94. The molecule has 0 bridgehead atoms. The molecule has 1 N–H and O–H groups in total. The van der Waals surface area contributed by atoms with E-state index in [1.165, 1.54) is 29.1 Å². The Morgan fingerprint density at radius 1 is 1.24 bits per heavy atom. The molecule has 0 aliphatic carbocycles. The summed E-state index contributed by atoms with van der Waals surface area (Å²) in [6.45, 7) is 1.83. The third kappa shape index (κ3) is 5.53. The summed E-state index contributed by atoms with van der Waals surface area (Å²) in [6, 6.07) is 8.68. The zero-order valence-electron chi connectivity index (χ0n) is 15.4. The third-order valence-electron chi connectivity index (χ3n) is 3.95. The van der Waals surface area contributed by atoms with E-state index in [0.29, 0.717) is 5.75 Å². The highest BCUT2D eigenvalue weighted by Crippen LogP contribution is 2.32. The number of carbonyl (C=O) groups is 1. The standard InChI is InChI=1S/C19H18F3N5O2/c1-13(29-15-6-4-8-23-10-15)9-24-18(28)17-12-27(26-25-17)11-14-5-2-3-7-16(14)19(20,21)22/h2-8,10,12-13H,9,11H2,1H3,(H,24,28). The van der Waals surface area contributed by atoms with Gasteiger partial charge >= 0.3 is 6.18 Å². The maximum atomic E-state index is 13.1. The molecular formula is C19H18F3N5O2. The fraction of sp³-hybridized carbons (Fsp3) is 0.263. The Balaban J connectivity index is 1.58. The van der Waals surface area contributed by atoms with Crippen molar-refractivity contribution in [3.8, 4) is 5.75 Å². The maximum absolute atomic E-state index is 13.1. The van der Waals surface area contributed by atoms with Gasteiger partial charge in [-0.15, -0.1) is 5.10 Å². The summed E-state index contributed by atoms with van der Waals surface area (Å²) in [5.41, 5.74) is -0.707. The number of pyridine rings is 1. The second kappa shape index (κ2) is 8.72. The molecule has 0 saturated heterocycles. The van der Waals surface area contributed by atoms with Crippen LogP contribution in [0.2, 0.25) is 0 Å². The average molecular weight is 405 g/mol. The van der Waals surface area contributed by atoms with Crippen molar-refractivity contribution < 1.29 is 22.7 Å². The van der Waals surface area contributed by atoms with E-state index in [4.69, 9.17) is 4.74 Å². The van der Waals surface area contributed by atoms with Crippen molar-refractivity contribution in [3.63, 3.8) is 0 Å².